The number of hydrogen-bond acceptors (Lipinski definition) is 7. The van der Waals surface area contributed by atoms with Gasteiger partial charge < -0.3 is 25.3 Å². The summed E-state index contributed by atoms with van der Waals surface area (Å²) in [6.45, 7) is 4.29. The summed E-state index contributed by atoms with van der Waals surface area (Å²) in [6.07, 6.45) is 1.46. The maximum Gasteiger partial charge on any atom is 0.273 e. The largest absolute Gasteiger partial charge is 0.504 e. The van der Waals surface area contributed by atoms with E-state index >= 15 is 0 Å². The van der Waals surface area contributed by atoms with Crippen LogP contribution >= 0.6 is 0 Å². The van der Waals surface area contributed by atoms with Crippen LogP contribution in [0.3, 0.4) is 0 Å². The predicted molar refractivity (Wildman–Crippen MR) is 152 cm³/mol. The maximum absolute atomic E-state index is 13.4. The van der Waals surface area contributed by atoms with Crippen molar-refractivity contribution in [2.45, 2.75) is 20.4 Å². The molecule has 0 spiro atoms. The number of phenols is 1. The summed E-state index contributed by atoms with van der Waals surface area (Å²) in [5.74, 6) is -0.408. The van der Waals surface area contributed by atoms with Crippen molar-refractivity contribution < 1.29 is 24.5 Å². The number of H-pyrrole nitrogens is 1. The third-order valence-electron chi connectivity index (χ3n) is 6.40. The lowest BCUT2D eigenvalue weighted by molar-refractivity contribution is 0.101. The number of benzene rings is 3. The van der Waals surface area contributed by atoms with Crippen LogP contribution in [0.2, 0.25) is 0 Å². The Labute approximate surface area is 229 Å². The Bertz CT molecular complexity index is 1780. The number of carbonyl (C=O) groups is 2. The minimum absolute atomic E-state index is 0.0577. The number of rotatable bonds is 8. The van der Waals surface area contributed by atoms with Gasteiger partial charge in [-0.2, -0.15) is 5.10 Å². The van der Waals surface area contributed by atoms with E-state index in [1.807, 2.05) is 13.8 Å². The molecule has 5 rings (SSSR count). The van der Waals surface area contributed by atoms with Crippen LogP contribution in [0, 0.1) is 6.92 Å². The predicted octanol–water partition coefficient (Wildman–Crippen LogP) is 5.35. The summed E-state index contributed by atoms with van der Waals surface area (Å²) in [5.41, 5.74) is 3.92. The van der Waals surface area contributed by atoms with Crippen molar-refractivity contribution in [3.05, 3.63) is 94.8 Å². The van der Waals surface area contributed by atoms with E-state index in [9.17, 15) is 19.8 Å². The number of ether oxygens (including phenoxy) is 1. The van der Waals surface area contributed by atoms with Gasteiger partial charge in [-0.25, -0.2) is 0 Å². The van der Waals surface area contributed by atoms with E-state index < -0.39 is 0 Å². The van der Waals surface area contributed by atoms with Crippen LogP contribution in [0.25, 0.3) is 10.9 Å². The van der Waals surface area contributed by atoms with Crippen LogP contribution in [0.15, 0.2) is 71.7 Å². The first-order chi connectivity index (χ1) is 19.3. The molecule has 10 nitrogen and oxygen atoms in total. The van der Waals surface area contributed by atoms with E-state index in [1.54, 1.807) is 65.3 Å². The van der Waals surface area contributed by atoms with Crippen LogP contribution in [0.5, 0.6) is 17.4 Å². The van der Waals surface area contributed by atoms with E-state index in [1.165, 1.54) is 19.4 Å². The van der Waals surface area contributed by atoms with Gasteiger partial charge in [-0.15, -0.1) is 0 Å². The summed E-state index contributed by atoms with van der Waals surface area (Å²) in [7, 11) is 1.46. The zero-order valence-corrected chi connectivity index (χ0v) is 22.1. The number of nitrogens with zero attached hydrogens (tertiary/aromatic N) is 3. The van der Waals surface area contributed by atoms with Crippen LogP contribution in [0.4, 0.5) is 11.4 Å². The molecule has 0 saturated carbocycles. The molecule has 10 heteroatoms. The number of amides is 1. The number of methoxy groups -OCH3 is 1. The molecule has 0 aliphatic heterocycles. The molecule has 202 valence electrons. The van der Waals surface area contributed by atoms with Crippen molar-refractivity contribution in [3.8, 4) is 17.4 Å². The van der Waals surface area contributed by atoms with Crippen molar-refractivity contribution in [2.75, 3.05) is 12.4 Å². The second kappa shape index (κ2) is 10.8. The molecule has 1 amide bonds. The van der Waals surface area contributed by atoms with Crippen molar-refractivity contribution in [3.63, 3.8) is 0 Å². The Hall–Kier alpha value is -5.38. The SMILES string of the molecule is CCn1nc(C)cc1C(=O)Nc1cccc(C(=O)c2ccc3[nH]c(O)c(C=Nc4ccc(OC)c(O)c4)c3c2)c1. The molecule has 2 heterocycles. The average Bonchev–Trinajstić information content (AvgIpc) is 3.49. The maximum atomic E-state index is 13.4. The molecule has 3 aromatic carbocycles. The molecule has 0 unspecified atom stereocenters. The first kappa shape index (κ1) is 26.2. The fraction of sp³-hybridized carbons (Fsp3) is 0.133. The third kappa shape index (κ3) is 5.14. The lowest BCUT2D eigenvalue weighted by Gasteiger charge is -2.08. The minimum atomic E-state index is -0.314. The lowest BCUT2D eigenvalue weighted by atomic mass is 10.0. The fourth-order valence-electron chi connectivity index (χ4n) is 4.44. The number of hydrogen-bond donors (Lipinski definition) is 4. The average molecular weight is 538 g/mol. The number of aromatic nitrogens is 3. The minimum Gasteiger partial charge on any atom is -0.504 e. The van der Waals surface area contributed by atoms with Crippen LogP contribution in [-0.4, -0.2) is 50.0 Å². The first-order valence-electron chi connectivity index (χ1n) is 12.5. The van der Waals surface area contributed by atoms with Crippen LogP contribution in [-0.2, 0) is 6.54 Å². The number of nitrogens with one attached hydrogen (secondary N) is 2. The van der Waals surface area contributed by atoms with E-state index in [2.05, 4.69) is 20.4 Å². The highest BCUT2D eigenvalue weighted by Crippen LogP contribution is 2.31. The number of aryl methyl sites for hydroxylation is 2. The monoisotopic (exact) mass is 537 g/mol. The lowest BCUT2D eigenvalue weighted by Crippen LogP contribution is -2.17. The highest BCUT2D eigenvalue weighted by molar-refractivity contribution is 6.13. The number of anilines is 1. The summed E-state index contributed by atoms with van der Waals surface area (Å²) in [5, 5.41) is 28.3. The quantitative estimate of drug-likeness (QED) is 0.155. The molecular weight excluding hydrogens is 510 g/mol. The van der Waals surface area contributed by atoms with Gasteiger partial charge in [0.1, 0.15) is 5.69 Å². The van der Waals surface area contributed by atoms with Gasteiger partial charge in [-0.1, -0.05) is 12.1 Å². The van der Waals surface area contributed by atoms with Crippen molar-refractivity contribution in [1.29, 1.82) is 0 Å². The molecule has 4 N–H and O–H groups in total. The Balaban J connectivity index is 1.41. The number of aromatic hydroxyl groups is 2. The van der Waals surface area contributed by atoms with Gasteiger partial charge >= 0.3 is 0 Å². The molecule has 0 bridgehead atoms. The van der Waals surface area contributed by atoms with Gasteiger partial charge in [0, 0.05) is 46.5 Å². The Morgan fingerprint density at radius 2 is 1.88 bits per heavy atom. The van der Waals surface area contributed by atoms with Crippen LogP contribution in [0.1, 0.15) is 44.6 Å². The molecule has 0 radical (unpaired) electrons. The molecule has 0 aliphatic carbocycles. The number of carbonyl (C=O) groups excluding carboxylic acids is 2. The molecular formula is C30H27N5O5. The van der Waals surface area contributed by atoms with E-state index in [-0.39, 0.29) is 23.3 Å². The second-order valence-electron chi connectivity index (χ2n) is 9.11. The number of fused-ring (bicyclic) bond motifs is 1. The van der Waals surface area contributed by atoms with Gasteiger partial charge in [-0.3, -0.25) is 19.3 Å². The summed E-state index contributed by atoms with van der Waals surface area (Å²) >= 11 is 0. The highest BCUT2D eigenvalue weighted by atomic mass is 16.5. The molecule has 2 aromatic heterocycles. The third-order valence-corrected chi connectivity index (χ3v) is 6.40. The highest BCUT2D eigenvalue weighted by Gasteiger charge is 2.17. The van der Waals surface area contributed by atoms with E-state index in [0.29, 0.717) is 57.0 Å². The summed E-state index contributed by atoms with van der Waals surface area (Å²) < 4.78 is 6.68. The molecule has 5 aromatic rings. The van der Waals surface area contributed by atoms with E-state index in [4.69, 9.17) is 4.74 Å². The fourth-order valence-corrected chi connectivity index (χ4v) is 4.44. The summed E-state index contributed by atoms with van der Waals surface area (Å²) in [6, 6.07) is 18.2. The van der Waals surface area contributed by atoms with Gasteiger partial charge in [0.05, 0.1) is 24.1 Å². The van der Waals surface area contributed by atoms with Gasteiger partial charge in [0.15, 0.2) is 23.2 Å². The molecule has 0 atom stereocenters. The first-order valence-corrected chi connectivity index (χ1v) is 12.5. The van der Waals surface area contributed by atoms with Crippen molar-refractivity contribution in [2.24, 2.45) is 4.99 Å². The number of aliphatic imine (C=N–C) groups is 1. The summed E-state index contributed by atoms with van der Waals surface area (Å²) in [4.78, 5) is 33.5. The Morgan fingerprint density at radius 3 is 2.62 bits per heavy atom. The number of ketones is 1. The topological polar surface area (TPSA) is 142 Å². The van der Waals surface area contributed by atoms with Crippen molar-refractivity contribution in [1.82, 2.24) is 14.8 Å². The molecule has 0 fully saturated rings. The Morgan fingerprint density at radius 1 is 1.07 bits per heavy atom. The van der Waals surface area contributed by atoms with Crippen molar-refractivity contribution >= 4 is 40.2 Å². The zero-order valence-electron chi connectivity index (χ0n) is 22.1. The smallest absolute Gasteiger partial charge is 0.273 e. The van der Waals surface area contributed by atoms with Gasteiger partial charge in [0.2, 0.25) is 0 Å². The second-order valence-corrected chi connectivity index (χ2v) is 9.11. The molecule has 40 heavy (non-hydrogen) atoms. The number of aromatic amines is 1. The number of phenolic OH excluding ortho intramolecular Hbond substituents is 1. The van der Waals surface area contributed by atoms with E-state index in [0.717, 1.165) is 5.69 Å². The molecule has 0 aliphatic rings. The normalized spacial score (nSPS) is 11.3. The zero-order chi connectivity index (χ0) is 28.4. The van der Waals surface area contributed by atoms with Gasteiger partial charge in [0.25, 0.3) is 5.91 Å². The van der Waals surface area contributed by atoms with Gasteiger partial charge in [-0.05, 0) is 62.4 Å². The Kier molecular flexibility index (Phi) is 7.07. The van der Waals surface area contributed by atoms with Crippen LogP contribution < -0.4 is 10.1 Å². The molecule has 0 saturated heterocycles. The standard InChI is InChI=1S/C30H27N5O5/c1-4-35-25(12-17(2)34-35)30(39)32-21-7-5-6-18(13-21)28(37)19-8-10-24-22(14-19)23(29(38)33-24)16-31-20-9-11-27(40-3)26(36)15-20/h5-16,33,36,38H,4H2,1-3H3,(H,32,39).